The van der Waals surface area contributed by atoms with Gasteiger partial charge in [0.25, 0.3) is 0 Å². The van der Waals surface area contributed by atoms with Gasteiger partial charge < -0.3 is 9.84 Å². The van der Waals surface area contributed by atoms with Gasteiger partial charge in [0, 0.05) is 20.3 Å². The molecule has 0 bridgehead atoms. The number of aromatic nitrogens is 2. The largest absolute Gasteiger partial charge is 0.394 e. The third-order valence-electron chi connectivity index (χ3n) is 2.97. The molecule has 0 fully saturated rings. The van der Waals surface area contributed by atoms with E-state index in [2.05, 4.69) is 9.82 Å². The van der Waals surface area contributed by atoms with Gasteiger partial charge in [-0.25, -0.2) is 13.1 Å². The Morgan fingerprint density at radius 3 is 2.65 bits per heavy atom. The molecule has 0 aromatic carbocycles. The lowest BCUT2D eigenvalue weighted by Crippen LogP contribution is -2.30. The van der Waals surface area contributed by atoms with E-state index in [0.29, 0.717) is 24.5 Å². The second kappa shape index (κ2) is 7.16. The number of sulfonamides is 1. The molecule has 0 saturated carbocycles. The van der Waals surface area contributed by atoms with Gasteiger partial charge in [-0.15, -0.1) is 0 Å². The molecule has 20 heavy (non-hydrogen) atoms. The van der Waals surface area contributed by atoms with E-state index < -0.39 is 10.0 Å². The number of methoxy groups -OCH3 is 1. The summed E-state index contributed by atoms with van der Waals surface area (Å²) in [6.07, 6.45) is 0. The van der Waals surface area contributed by atoms with Crippen molar-refractivity contribution >= 4 is 10.0 Å². The Morgan fingerprint density at radius 2 is 2.10 bits per heavy atom. The highest BCUT2D eigenvalue weighted by atomic mass is 32.2. The van der Waals surface area contributed by atoms with Crippen LogP contribution in [0.5, 0.6) is 0 Å². The Kier molecular flexibility index (Phi) is 6.12. The quantitative estimate of drug-likeness (QED) is 0.708. The number of ether oxygens (including phenoxy) is 1. The minimum absolute atomic E-state index is 0.0836. The highest BCUT2D eigenvalue weighted by Crippen LogP contribution is 2.19. The molecule has 0 saturated heterocycles. The molecule has 0 aliphatic heterocycles. The van der Waals surface area contributed by atoms with Crippen LogP contribution in [0.25, 0.3) is 0 Å². The number of nitrogens with one attached hydrogen (secondary N) is 1. The van der Waals surface area contributed by atoms with Crippen molar-refractivity contribution in [2.24, 2.45) is 5.92 Å². The molecule has 7 nitrogen and oxygen atoms in total. The second-order valence-corrected chi connectivity index (χ2v) is 6.56. The summed E-state index contributed by atoms with van der Waals surface area (Å²) in [7, 11) is -2.02. The summed E-state index contributed by atoms with van der Waals surface area (Å²) >= 11 is 0. The Morgan fingerprint density at radius 1 is 1.45 bits per heavy atom. The SMILES string of the molecule is COCC(C)CNS(=O)(=O)c1c(C)nn(CCO)c1C. The molecule has 1 aromatic heterocycles. The number of hydrogen-bond acceptors (Lipinski definition) is 5. The van der Waals surface area contributed by atoms with Gasteiger partial charge in [-0.05, 0) is 19.8 Å². The van der Waals surface area contributed by atoms with Gasteiger partial charge in [0.2, 0.25) is 10.0 Å². The fourth-order valence-corrected chi connectivity index (χ4v) is 3.62. The first kappa shape index (κ1) is 17.1. The number of aliphatic hydroxyl groups excluding tert-OH is 1. The van der Waals surface area contributed by atoms with Crippen LogP contribution in [0.4, 0.5) is 0 Å². The van der Waals surface area contributed by atoms with Gasteiger partial charge in [-0.3, -0.25) is 4.68 Å². The van der Waals surface area contributed by atoms with Crippen LogP contribution in [0.15, 0.2) is 4.90 Å². The first-order chi connectivity index (χ1) is 9.33. The van der Waals surface area contributed by atoms with Crippen molar-refractivity contribution in [2.45, 2.75) is 32.2 Å². The number of aliphatic hydroxyl groups is 1. The molecule has 1 unspecified atom stereocenters. The van der Waals surface area contributed by atoms with Gasteiger partial charge in [-0.1, -0.05) is 6.92 Å². The number of aryl methyl sites for hydroxylation is 1. The minimum Gasteiger partial charge on any atom is -0.394 e. The van der Waals surface area contributed by atoms with Crippen LogP contribution in [-0.2, 0) is 21.3 Å². The van der Waals surface area contributed by atoms with E-state index in [9.17, 15) is 8.42 Å². The second-order valence-electron chi connectivity index (χ2n) is 4.86. The molecule has 116 valence electrons. The topological polar surface area (TPSA) is 93.5 Å². The first-order valence-corrected chi connectivity index (χ1v) is 7.95. The third kappa shape index (κ3) is 4.02. The Labute approximate surface area is 120 Å². The summed E-state index contributed by atoms with van der Waals surface area (Å²) in [6, 6.07) is 0. The number of rotatable bonds is 8. The molecule has 0 spiro atoms. The summed E-state index contributed by atoms with van der Waals surface area (Å²) in [5, 5.41) is 13.1. The number of nitrogens with zero attached hydrogens (tertiary/aromatic N) is 2. The van der Waals surface area contributed by atoms with Crippen molar-refractivity contribution in [1.82, 2.24) is 14.5 Å². The van der Waals surface area contributed by atoms with Gasteiger partial charge in [0.05, 0.1) is 24.5 Å². The summed E-state index contributed by atoms with van der Waals surface area (Å²) < 4.78 is 33.7. The molecule has 1 atom stereocenters. The Bertz CT molecular complexity index is 539. The van der Waals surface area contributed by atoms with Crippen molar-refractivity contribution in [3.05, 3.63) is 11.4 Å². The molecule has 2 N–H and O–H groups in total. The molecule has 0 aliphatic carbocycles. The first-order valence-electron chi connectivity index (χ1n) is 6.47. The molecule has 0 radical (unpaired) electrons. The molecular formula is C12H23N3O4S. The van der Waals surface area contributed by atoms with E-state index >= 15 is 0 Å². The summed E-state index contributed by atoms with van der Waals surface area (Å²) in [6.45, 7) is 6.23. The Balaban J connectivity index is 2.92. The van der Waals surface area contributed by atoms with Crippen LogP contribution < -0.4 is 4.72 Å². The average molecular weight is 305 g/mol. The van der Waals surface area contributed by atoms with Crippen molar-refractivity contribution in [3.63, 3.8) is 0 Å². The molecule has 1 rings (SSSR count). The van der Waals surface area contributed by atoms with E-state index in [0.717, 1.165) is 0 Å². The maximum Gasteiger partial charge on any atom is 0.244 e. The van der Waals surface area contributed by atoms with Crippen LogP contribution in [0.2, 0.25) is 0 Å². The predicted octanol–water partition coefficient (Wildman–Crippen LogP) is 0.0530. The summed E-state index contributed by atoms with van der Waals surface area (Å²) in [5.74, 6) is 0.0860. The van der Waals surface area contributed by atoms with E-state index in [1.165, 1.54) is 4.68 Å². The van der Waals surface area contributed by atoms with E-state index in [1.54, 1.807) is 21.0 Å². The van der Waals surface area contributed by atoms with Gasteiger partial charge >= 0.3 is 0 Å². The highest BCUT2D eigenvalue weighted by molar-refractivity contribution is 7.89. The van der Waals surface area contributed by atoms with Gasteiger partial charge in [0.15, 0.2) is 0 Å². The standard InChI is InChI=1S/C12H23N3O4S/c1-9(8-19-4)7-13-20(17,18)12-10(2)14-15(5-6-16)11(12)3/h9,13,16H,5-8H2,1-4H3. The lowest BCUT2D eigenvalue weighted by atomic mass is 10.2. The molecule has 0 aliphatic rings. The van der Waals surface area contributed by atoms with E-state index in [4.69, 9.17) is 9.84 Å². The van der Waals surface area contributed by atoms with Crippen LogP contribution in [0.3, 0.4) is 0 Å². The zero-order chi connectivity index (χ0) is 15.3. The molecular weight excluding hydrogens is 282 g/mol. The smallest absolute Gasteiger partial charge is 0.244 e. The average Bonchev–Trinajstić information content (AvgIpc) is 2.64. The van der Waals surface area contributed by atoms with E-state index in [1.807, 2.05) is 6.92 Å². The Hall–Kier alpha value is -0.960. The summed E-state index contributed by atoms with van der Waals surface area (Å²) in [5.41, 5.74) is 0.964. The third-order valence-corrected chi connectivity index (χ3v) is 4.64. The molecule has 0 amide bonds. The maximum atomic E-state index is 12.3. The highest BCUT2D eigenvalue weighted by Gasteiger charge is 2.24. The minimum atomic E-state index is -3.60. The van der Waals surface area contributed by atoms with Gasteiger partial charge in [0.1, 0.15) is 4.90 Å². The molecule has 8 heteroatoms. The van der Waals surface area contributed by atoms with E-state index in [-0.39, 0.29) is 24.0 Å². The van der Waals surface area contributed by atoms with Crippen molar-refractivity contribution in [2.75, 3.05) is 26.9 Å². The fourth-order valence-electron chi connectivity index (χ4n) is 2.05. The maximum absolute atomic E-state index is 12.3. The van der Waals surface area contributed by atoms with Crippen LogP contribution in [0.1, 0.15) is 18.3 Å². The predicted molar refractivity (Wildman–Crippen MR) is 75.0 cm³/mol. The number of hydrogen-bond donors (Lipinski definition) is 2. The van der Waals surface area contributed by atoms with Gasteiger partial charge in [-0.2, -0.15) is 5.10 Å². The monoisotopic (exact) mass is 305 g/mol. The normalized spacial score (nSPS) is 13.7. The van der Waals surface area contributed by atoms with Crippen molar-refractivity contribution < 1.29 is 18.3 Å². The van der Waals surface area contributed by atoms with Crippen LogP contribution in [-0.4, -0.2) is 50.2 Å². The molecule has 1 heterocycles. The lowest BCUT2D eigenvalue weighted by Gasteiger charge is -2.12. The zero-order valence-corrected chi connectivity index (χ0v) is 13.2. The fraction of sp³-hybridized carbons (Fsp3) is 0.750. The zero-order valence-electron chi connectivity index (χ0n) is 12.4. The van der Waals surface area contributed by atoms with Crippen molar-refractivity contribution in [3.8, 4) is 0 Å². The van der Waals surface area contributed by atoms with Crippen LogP contribution >= 0.6 is 0 Å². The van der Waals surface area contributed by atoms with Crippen LogP contribution in [0, 0.1) is 19.8 Å². The summed E-state index contributed by atoms with van der Waals surface area (Å²) in [4.78, 5) is 0.190. The molecule has 1 aromatic rings. The van der Waals surface area contributed by atoms with Crippen molar-refractivity contribution in [1.29, 1.82) is 0 Å². The lowest BCUT2D eigenvalue weighted by molar-refractivity contribution is 0.161.